The zero-order valence-corrected chi connectivity index (χ0v) is 17.9. The Labute approximate surface area is 185 Å². The summed E-state index contributed by atoms with van der Waals surface area (Å²) in [4.78, 5) is 42.0. The van der Waals surface area contributed by atoms with Crippen LogP contribution in [0.1, 0.15) is 22.0 Å². The topological polar surface area (TPSA) is 77.4 Å². The first-order chi connectivity index (χ1) is 15.5. The Bertz CT molecular complexity index is 1000. The number of quaternary nitrogens is 1. The van der Waals surface area contributed by atoms with Gasteiger partial charge in [0.1, 0.15) is 30.6 Å². The van der Waals surface area contributed by atoms with Crippen molar-refractivity contribution in [2.45, 2.75) is 6.04 Å². The number of morpholine rings is 1. The number of nitrogens with one attached hydrogen (secondary N) is 1. The van der Waals surface area contributed by atoms with Gasteiger partial charge in [-0.3, -0.25) is 14.4 Å². The zero-order chi connectivity index (χ0) is 22.7. The largest absolute Gasteiger partial charge is 0.497 e. The standard InChI is InChI=1S/C24H25FN2O5/c1-31-17-8-6-16(7-9-17)22(28)20-21(18-4-2-3-5-19(18)25)27(24(30)23(20)29)11-10-26-12-14-32-15-13-26/h2-9,20-21H,10-15H2,1H3/p+1. The van der Waals surface area contributed by atoms with E-state index in [1.807, 2.05) is 0 Å². The van der Waals surface area contributed by atoms with Gasteiger partial charge in [-0.2, -0.15) is 0 Å². The van der Waals surface area contributed by atoms with Crippen LogP contribution in [0.5, 0.6) is 5.75 Å². The molecule has 0 aliphatic carbocycles. The van der Waals surface area contributed by atoms with Crippen LogP contribution < -0.4 is 9.64 Å². The lowest BCUT2D eigenvalue weighted by atomic mass is 9.86. The maximum atomic E-state index is 14.8. The van der Waals surface area contributed by atoms with Gasteiger partial charge in [-0.05, 0) is 30.3 Å². The van der Waals surface area contributed by atoms with E-state index in [0.29, 0.717) is 25.5 Å². The van der Waals surface area contributed by atoms with Crippen LogP contribution in [0.2, 0.25) is 0 Å². The molecule has 2 unspecified atom stereocenters. The molecule has 0 radical (unpaired) electrons. The highest BCUT2D eigenvalue weighted by molar-refractivity contribution is 6.44. The molecule has 2 aliphatic heterocycles. The average Bonchev–Trinajstić information content (AvgIpc) is 3.08. The predicted octanol–water partition coefficient (Wildman–Crippen LogP) is 0.701. The number of carbonyl (C=O) groups excluding carboxylic acids is 3. The molecule has 2 aliphatic rings. The van der Waals surface area contributed by atoms with Crippen molar-refractivity contribution in [1.29, 1.82) is 0 Å². The summed E-state index contributed by atoms with van der Waals surface area (Å²) < 4.78 is 25.3. The number of Topliss-reactive ketones (excluding diaryl/α,β-unsaturated/α-hetero) is 2. The third-order valence-corrected chi connectivity index (χ3v) is 6.19. The molecule has 1 amide bonds. The molecule has 32 heavy (non-hydrogen) atoms. The zero-order valence-electron chi connectivity index (χ0n) is 17.9. The third kappa shape index (κ3) is 4.28. The van der Waals surface area contributed by atoms with E-state index in [9.17, 15) is 18.8 Å². The lowest BCUT2D eigenvalue weighted by Crippen LogP contribution is -3.14. The van der Waals surface area contributed by atoms with Gasteiger partial charge in [0.2, 0.25) is 5.78 Å². The van der Waals surface area contributed by atoms with Crippen LogP contribution in [0, 0.1) is 11.7 Å². The Morgan fingerprint density at radius 2 is 1.81 bits per heavy atom. The van der Waals surface area contributed by atoms with Crippen molar-refractivity contribution in [3.63, 3.8) is 0 Å². The fourth-order valence-electron chi connectivity index (χ4n) is 4.41. The van der Waals surface area contributed by atoms with Gasteiger partial charge in [0, 0.05) is 11.1 Å². The Kier molecular flexibility index (Phi) is 6.62. The molecule has 0 saturated carbocycles. The SMILES string of the molecule is COc1ccc(C(=O)C2C(=O)C(=O)N(CC[NH+]3CCOCC3)C2c2ccccc2F)cc1. The number of hydrogen-bond donors (Lipinski definition) is 1. The van der Waals surface area contributed by atoms with E-state index >= 15 is 0 Å². The predicted molar refractivity (Wildman–Crippen MR) is 113 cm³/mol. The number of methoxy groups -OCH3 is 1. The number of ether oxygens (including phenoxy) is 2. The fourth-order valence-corrected chi connectivity index (χ4v) is 4.41. The first kappa shape index (κ1) is 22.1. The van der Waals surface area contributed by atoms with Crippen LogP contribution in [0.4, 0.5) is 4.39 Å². The van der Waals surface area contributed by atoms with Gasteiger partial charge in [-0.15, -0.1) is 0 Å². The molecule has 168 valence electrons. The van der Waals surface area contributed by atoms with Crippen LogP contribution in [0.3, 0.4) is 0 Å². The summed E-state index contributed by atoms with van der Waals surface area (Å²) in [6.45, 7) is 3.72. The summed E-state index contributed by atoms with van der Waals surface area (Å²) in [6.07, 6.45) is 0. The minimum Gasteiger partial charge on any atom is -0.497 e. The van der Waals surface area contributed by atoms with E-state index in [2.05, 4.69) is 0 Å². The summed E-state index contributed by atoms with van der Waals surface area (Å²) >= 11 is 0. The number of carbonyl (C=O) groups is 3. The van der Waals surface area contributed by atoms with E-state index in [1.54, 1.807) is 36.4 Å². The molecule has 2 aromatic rings. The quantitative estimate of drug-likeness (QED) is 0.389. The number of hydrogen-bond acceptors (Lipinski definition) is 5. The fraction of sp³-hybridized carbons (Fsp3) is 0.375. The second-order valence-corrected chi connectivity index (χ2v) is 8.01. The van der Waals surface area contributed by atoms with Gasteiger partial charge in [0.15, 0.2) is 5.78 Å². The molecule has 7 nitrogen and oxygen atoms in total. The van der Waals surface area contributed by atoms with E-state index in [-0.39, 0.29) is 17.7 Å². The van der Waals surface area contributed by atoms with Crippen LogP contribution >= 0.6 is 0 Å². The molecular weight excluding hydrogens is 415 g/mol. The van der Waals surface area contributed by atoms with Gasteiger partial charge in [-0.1, -0.05) is 18.2 Å². The maximum absolute atomic E-state index is 14.8. The molecule has 0 aromatic heterocycles. The van der Waals surface area contributed by atoms with Gasteiger partial charge in [0.05, 0.1) is 39.5 Å². The third-order valence-electron chi connectivity index (χ3n) is 6.19. The van der Waals surface area contributed by atoms with E-state index in [4.69, 9.17) is 9.47 Å². The summed E-state index contributed by atoms with van der Waals surface area (Å²) in [5, 5.41) is 0. The number of likely N-dealkylation sites (tertiary alicyclic amines) is 1. The van der Waals surface area contributed by atoms with Gasteiger partial charge in [0.25, 0.3) is 5.91 Å². The Hall–Kier alpha value is -3.10. The van der Waals surface area contributed by atoms with Crippen LogP contribution in [0.15, 0.2) is 48.5 Å². The van der Waals surface area contributed by atoms with Crippen LogP contribution in [-0.4, -0.2) is 68.9 Å². The van der Waals surface area contributed by atoms with E-state index < -0.39 is 35.3 Å². The van der Waals surface area contributed by atoms with Crippen molar-refractivity contribution in [2.75, 3.05) is 46.5 Å². The van der Waals surface area contributed by atoms with Crippen molar-refractivity contribution in [1.82, 2.24) is 4.90 Å². The molecule has 2 aromatic carbocycles. The smallest absolute Gasteiger partial charge is 0.291 e. The van der Waals surface area contributed by atoms with Crippen molar-refractivity contribution >= 4 is 17.5 Å². The number of benzene rings is 2. The Balaban J connectivity index is 1.67. The lowest BCUT2D eigenvalue weighted by Gasteiger charge is -2.30. The number of halogens is 1. The van der Waals surface area contributed by atoms with E-state index in [0.717, 1.165) is 13.1 Å². The van der Waals surface area contributed by atoms with Crippen molar-refractivity contribution in [3.05, 3.63) is 65.5 Å². The monoisotopic (exact) mass is 441 g/mol. The molecule has 0 bridgehead atoms. The molecule has 2 heterocycles. The van der Waals surface area contributed by atoms with Crippen molar-refractivity contribution < 1.29 is 33.1 Å². The molecule has 0 spiro atoms. The number of rotatable bonds is 7. The first-order valence-corrected chi connectivity index (χ1v) is 10.7. The lowest BCUT2D eigenvalue weighted by molar-refractivity contribution is -0.907. The molecule has 2 fully saturated rings. The summed E-state index contributed by atoms with van der Waals surface area (Å²) in [5.74, 6) is -3.31. The van der Waals surface area contributed by atoms with Gasteiger partial charge >= 0.3 is 0 Å². The highest BCUT2D eigenvalue weighted by atomic mass is 19.1. The minimum absolute atomic E-state index is 0.176. The van der Waals surface area contributed by atoms with Crippen molar-refractivity contribution in [2.24, 2.45) is 5.92 Å². The molecule has 2 atom stereocenters. The van der Waals surface area contributed by atoms with Crippen LogP contribution in [-0.2, 0) is 14.3 Å². The molecule has 8 heteroatoms. The average molecular weight is 441 g/mol. The number of ketones is 2. The number of amides is 1. The second-order valence-electron chi connectivity index (χ2n) is 8.01. The van der Waals surface area contributed by atoms with Gasteiger partial charge in [-0.25, -0.2) is 4.39 Å². The Morgan fingerprint density at radius 3 is 2.47 bits per heavy atom. The maximum Gasteiger partial charge on any atom is 0.291 e. The summed E-state index contributed by atoms with van der Waals surface area (Å²) in [6, 6.07) is 11.4. The highest BCUT2D eigenvalue weighted by Crippen LogP contribution is 2.39. The van der Waals surface area contributed by atoms with E-state index in [1.165, 1.54) is 29.0 Å². The molecule has 4 rings (SSSR count). The normalized spacial score (nSPS) is 21.8. The summed E-state index contributed by atoms with van der Waals surface area (Å²) in [7, 11) is 1.51. The Morgan fingerprint density at radius 1 is 1.12 bits per heavy atom. The highest BCUT2D eigenvalue weighted by Gasteiger charge is 2.52. The number of nitrogens with zero attached hydrogens (tertiary/aromatic N) is 1. The molecule has 1 N–H and O–H groups in total. The summed E-state index contributed by atoms with van der Waals surface area (Å²) in [5.41, 5.74) is 0.453. The van der Waals surface area contributed by atoms with Gasteiger partial charge < -0.3 is 19.3 Å². The van der Waals surface area contributed by atoms with Crippen LogP contribution in [0.25, 0.3) is 0 Å². The first-order valence-electron chi connectivity index (χ1n) is 10.7. The second kappa shape index (κ2) is 9.58. The minimum atomic E-state index is -1.30. The van der Waals surface area contributed by atoms with Crippen molar-refractivity contribution in [3.8, 4) is 5.75 Å². The molecular formula is C24H26FN2O5+. The molecule has 2 saturated heterocycles.